The van der Waals surface area contributed by atoms with E-state index in [1.807, 2.05) is 37.3 Å². The highest BCUT2D eigenvalue weighted by Gasteiger charge is 2.18. The summed E-state index contributed by atoms with van der Waals surface area (Å²) >= 11 is 0. The number of hydrogen-bond acceptors (Lipinski definition) is 5. The van der Waals surface area contributed by atoms with E-state index >= 15 is 0 Å². The van der Waals surface area contributed by atoms with Crippen molar-refractivity contribution in [3.63, 3.8) is 0 Å². The Bertz CT molecular complexity index is 982. The van der Waals surface area contributed by atoms with Gasteiger partial charge in [0.25, 0.3) is 0 Å². The number of nitrogens with one attached hydrogen (secondary N) is 1. The van der Waals surface area contributed by atoms with E-state index in [1.165, 1.54) is 11.1 Å². The molecular formula is C22H22N4O. The van der Waals surface area contributed by atoms with E-state index in [0.29, 0.717) is 5.56 Å². The van der Waals surface area contributed by atoms with Crippen molar-refractivity contribution in [2.75, 3.05) is 16.8 Å². The summed E-state index contributed by atoms with van der Waals surface area (Å²) in [5.74, 6) is 2.48. The van der Waals surface area contributed by atoms with Gasteiger partial charge in [-0.05, 0) is 55.7 Å². The standard InChI is InChI=1S/C22H22N4O/c1-15(27)17-7-9-20(10-8-17)25-21-13-22(24-16(2)23-21)26-12-11-18-5-3-4-6-19(18)14-26/h3-10,13H,11-12,14H2,1-2H3,(H,23,24,25). The van der Waals surface area contributed by atoms with Gasteiger partial charge in [0.2, 0.25) is 0 Å². The van der Waals surface area contributed by atoms with Crippen LogP contribution in [0.1, 0.15) is 34.2 Å². The second kappa shape index (κ2) is 7.19. The minimum absolute atomic E-state index is 0.0621. The second-order valence-corrected chi connectivity index (χ2v) is 6.86. The zero-order valence-corrected chi connectivity index (χ0v) is 15.6. The molecule has 1 aromatic heterocycles. The molecule has 1 aliphatic rings. The largest absolute Gasteiger partial charge is 0.352 e. The number of fused-ring (bicyclic) bond motifs is 1. The lowest BCUT2D eigenvalue weighted by atomic mass is 10.00. The number of Topliss-reactive ketones (excluding diaryl/α,β-unsaturated/α-hetero) is 1. The molecule has 1 N–H and O–H groups in total. The first kappa shape index (κ1) is 17.2. The summed E-state index contributed by atoms with van der Waals surface area (Å²) < 4.78 is 0. The van der Waals surface area contributed by atoms with Crippen LogP contribution in [-0.4, -0.2) is 22.3 Å². The van der Waals surface area contributed by atoms with Crippen LogP contribution in [0.4, 0.5) is 17.3 Å². The quantitative estimate of drug-likeness (QED) is 0.705. The fourth-order valence-corrected chi connectivity index (χ4v) is 3.41. The maximum atomic E-state index is 11.4. The Morgan fingerprint density at radius 1 is 1.04 bits per heavy atom. The van der Waals surface area contributed by atoms with Crippen molar-refractivity contribution < 1.29 is 4.79 Å². The molecule has 136 valence electrons. The highest BCUT2D eigenvalue weighted by Crippen LogP contribution is 2.25. The Morgan fingerprint density at radius 3 is 2.52 bits per heavy atom. The van der Waals surface area contributed by atoms with E-state index < -0.39 is 0 Å². The molecule has 0 saturated carbocycles. The second-order valence-electron chi connectivity index (χ2n) is 6.86. The molecule has 0 bridgehead atoms. The molecule has 3 aromatic rings. The average molecular weight is 358 g/mol. The molecule has 5 nitrogen and oxygen atoms in total. The van der Waals surface area contributed by atoms with Gasteiger partial charge >= 0.3 is 0 Å². The van der Waals surface area contributed by atoms with Gasteiger partial charge in [-0.1, -0.05) is 24.3 Å². The van der Waals surface area contributed by atoms with Crippen molar-refractivity contribution in [2.24, 2.45) is 0 Å². The normalized spacial score (nSPS) is 13.2. The van der Waals surface area contributed by atoms with Crippen molar-refractivity contribution in [3.05, 3.63) is 77.1 Å². The zero-order valence-electron chi connectivity index (χ0n) is 15.6. The molecule has 5 heteroatoms. The SMILES string of the molecule is CC(=O)c1ccc(Nc2cc(N3CCc4ccccc4C3)nc(C)n2)cc1. The topological polar surface area (TPSA) is 58.1 Å². The number of benzene rings is 2. The van der Waals surface area contributed by atoms with E-state index in [1.54, 1.807) is 6.92 Å². The molecule has 0 aliphatic carbocycles. The monoisotopic (exact) mass is 358 g/mol. The first-order valence-electron chi connectivity index (χ1n) is 9.14. The molecular weight excluding hydrogens is 336 g/mol. The van der Waals surface area contributed by atoms with Crippen LogP contribution >= 0.6 is 0 Å². The molecule has 1 aliphatic heterocycles. The van der Waals surface area contributed by atoms with Crippen molar-refractivity contribution in [1.29, 1.82) is 0 Å². The van der Waals surface area contributed by atoms with Crippen molar-refractivity contribution in [3.8, 4) is 0 Å². The minimum Gasteiger partial charge on any atom is -0.352 e. The predicted molar refractivity (Wildman–Crippen MR) is 108 cm³/mol. The van der Waals surface area contributed by atoms with Gasteiger partial charge in [-0.2, -0.15) is 0 Å². The maximum absolute atomic E-state index is 11.4. The molecule has 2 aromatic carbocycles. The average Bonchev–Trinajstić information content (AvgIpc) is 2.67. The first-order valence-corrected chi connectivity index (χ1v) is 9.14. The van der Waals surface area contributed by atoms with Gasteiger partial charge in [0.15, 0.2) is 5.78 Å². The van der Waals surface area contributed by atoms with E-state index in [2.05, 4.69) is 44.5 Å². The molecule has 0 atom stereocenters. The van der Waals surface area contributed by atoms with Gasteiger partial charge in [0.05, 0.1) is 0 Å². The Hall–Kier alpha value is -3.21. The van der Waals surface area contributed by atoms with Crippen molar-refractivity contribution in [2.45, 2.75) is 26.8 Å². The fraction of sp³-hybridized carbons (Fsp3) is 0.227. The Balaban J connectivity index is 1.56. The molecule has 0 amide bonds. The van der Waals surface area contributed by atoms with E-state index in [0.717, 1.165) is 42.7 Å². The fourth-order valence-electron chi connectivity index (χ4n) is 3.41. The number of rotatable bonds is 4. The minimum atomic E-state index is 0.0621. The number of ketones is 1. The lowest BCUT2D eigenvalue weighted by molar-refractivity contribution is 0.101. The Labute approximate surface area is 159 Å². The third-order valence-electron chi connectivity index (χ3n) is 4.84. The van der Waals surface area contributed by atoms with Crippen molar-refractivity contribution >= 4 is 23.1 Å². The number of nitrogens with zero attached hydrogens (tertiary/aromatic N) is 3. The number of aryl methyl sites for hydroxylation is 1. The lowest BCUT2D eigenvalue weighted by Gasteiger charge is -2.30. The molecule has 0 unspecified atom stereocenters. The third kappa shape index (κ3) is 3.82. The van der Waals surface area contributed by atoms with Crippen LogP contribution in [0.5, 0.6) is 0 Å². The van der Waals surface area contributed by atoms with Crippen LogP contribution in [0, 0.1) is 6.92 Å². The molecule has 2 heterocycles. The molecule has 0 spiro atoms. The van der Waals surface area contributed by atoms with Gasteiger partial charge in [0.1, 0.15) is 17.5 Å². The van der Waals surface area contributed by atoms with Gasteiger partial charge in [-0.15, -0.1) is 0 Å². The van der Waals surface area contributed by atoms with Crippen LogP contribution in [0.3, 0.4) is 0 Å². The molecule has 0 radical (unpaired) electrons. The van der Waals surface area contributed by atoms with E-state index in [-0.39, 0.29) is 5.78 Å². The van der Waals surface area contributed by atoms with Crippen LogP contribution in [0.2, 0.25) is 0 Å². The number of carbonyl (C=O) groups excluding carboxylic acids is 1. The van der Waals surface area contributed by atoms with Gasteiger partial charge in [-0.25, -0.2) is 9.97 Å². The predicted octanol–water partition coefficient (Wildman–Crippen LogP) is 4.29. The molecule has 0 saturated heterocycles. The Kier molecular flexibility index (Phi) is 4.59. The summed E-state index contributed by atoms with van der Waals surface area (Å²) in [6, 6.07) is 18.0. The van der Waals surface area contributed by atoms with Gasteiger partial charge in [-0.3, -0.25) is 4.79 Å². The summed E-state index contributed by atoms with van der Waals surface area (Å²) in [6.45, 7) is 5.28. The van der Waals surface area contributed by atoms with Crippen LogP contribution < -0.4 is 10.2 Å². The first-order chi connectivity index (χ1) is 13.1. The summed E-state index contributed by atoms with van der Waals surface area (Å²) in [5, 5.41) is 3.32. The van der Waals surface area contributed by atoms with Gasteiger partial charge < -0.3 is 10.2 Å². The van der Waals surface area contributed by atoms with E-state index in [4.69, 9.17) is 0 Å². The van der Waals surface area contributed by atoms with Crippen molar-refractivity contribution in [1.82, 2.24) is 9.97 Å². The van der Waals surface area contributed by atoms with Crippen LogP contribution in [0.15, 0.2) is 54.6 Å². The number of carbonyl (C=O) groups is 1. The molecule has 0 fully saturated rings. The highest BCUT2D eigenvalue weighted by atomic mass is 16.1. The number of hydrogen-bond donors (Lipinski definition) is 1. The number of anilines is 3. The maximum Gasteiger partial charge on any atom is 0.159 e. The smallest absolute Gasteiger partial charge is 0.159 e. The summed E-state index contributed by atoms with van der Waals surface area (Å²) in [5.41, 5.74) is 4.37. The summed E-state index contributed by atoms with van der Waals surface area (Å²) in [4.78, 5) is 22.9. The van der Waals surface area contributed by atoms with Crippen LogP contribution in [-0.2, 0) is 13.0 Å². The summed E-state index contributed by atoms with van der Waals surface area (Å²) in [6.07, 6.45) is 1.02. The zero-order chi connectivity index (χ0) is 18.8. The molecule has 4 rings (SSSR count). The lowest BCUT2D eigenvalue weighted by Crippen LogP contribution is -2.31. The van der Waals surface area contributed by atoms with E-state index in [9.17, 15) is 4.79 Å². The summed E-state index contributed by atoms with van der Waals surface area (Å²) in [7, 11) is 0. The molecule has 27 heavy (non-hydrogen) atoms. The number of aromatic nitrogens is 2. The third-order valence-corrected chi connectivity index (χ3v) is 4.84. The van der Waals surface area contributed by atoms with Crippen LogP contribution in [0.25, 0.3) is 0 Å². The Morgan fingerprint density at radius 2 is 1.78 bits per heavy atom. The van der Waals surface area contributed by atoms with Gasteiger partial charge in [0, 0.05) is 30.4 Å². The highest BCUT2D eigenvalue weighted by molar-refractivity contribution is 5.94.